The van der Waals surface area contributed by atoms with Gasteiger partial charge in [-0.2, -0.15) is 0 Å². The van der Waals surface area contributed by atoms with E-state index in [9.17, 15) is 0 Å². The molecule has 0 bridgehead atoms. The molecule has 438 valence electrons. The van der Waals surface area contributed by atoms with Gasteiger partial charge in [0.05, 0.1) is 84.1 Å². The van der Waals surface area contributed by atoms with E-state index >= 15 is 8.78 Å². The summed E-state index contributed by atoms with van der Waals surface area (Å²) in [4.78, 5) is 4.25. The molecule has 0 saturated heterocycles. The van der Waals surface area contributed by atoms with Gasteiger partial charge in [0.2, 0.25) is 0 Å². The van der Waals surface area contributed by atoms with Crippen LogP contribution in [0, 0.1) is 18.2 Å². The van der Waals surface area contributed by atoms with E-state index < -0.39 is 11.6 Å². The topological polar surface area (TPSA) is 33.9 Å². The second-order valence-electron chi connectivity index (χ2n) is 24.6. The molecule has 94 heavy (non-hydrogen) atoms. The van der Waals surface area contributed by atoms with E-state index in [-0.39, 0.29) is 11.3 Å². The summed E-state index contributed by atoms with van der Waals surface area (Å²) >= 11 is 0. The van der Waals surface area contributed by atoms with Crippen molar-refractivity contribution in [2.24, 2.45) is 0 Å². The molecule has 6 aromatic heterocycles. The predicted octanol–water partition coefficient (Wildman–Crippen LogP) is 22.8. The lowest BCUT2D eigenvalue weighted by atomic mass is 10.0. The maximum atomic E-state index is 15.8. The maximum Gasteiger partial charge on any atom is 0.197 e. The van der Waals surface area contributed by atoms with Crippen molar-refractivity contribution >= 4 is 137 Å². The summed E-state index contributed by atoms with van der Waals surface area (Å²) in [5, 5.41) is 13.3. The third-order valence-corrected chi connectivity index (χ3v) is 19.7. The summed E-state index contributed by atoms with van der Waals surface area (Å²) in [5.74, 6) is -1.46. The van der Waals surface area contributed by atoms with Gasteiger partial charge in [0.1, 0.15) is 11.6 Å². The molecule has 6 heterocycles. The van der Waals surface area contributed by atoms with Crippen LogP contribution in [0.5, 0.6) is 0 Å². The first-order chi connectivity index (χ1) is 46.4. The Labute approximate surface area is 535 Å². The zero-order chi connectivity index (χ0) is 62.0. The molecule has 20 aromatic rings. The fraction of sp³-hybridized carbons (Fsp3) is 0. The van der Waals surface area contributed by atoms with Crippen LogP contribution in [0.15, 0.2) is 297 Å². The molecule has 0 atom stereocenters. The van der Waals surface area contributed by atoms with Crippen LogP contribution in [0.3, 0.4) is 0 Å². The summed E-state index contributed by atoms with van der Waals surface area (Å²) in [5.41, 5.74) is 18.7. The Morgan fingerprint density at radius 3 is 0.713 bits per heavy atom. The first kappa shape index (κ1) is 52.0. The first-order valence-corrected chi connectivity index (χ1v) is 31.6. The molecule has 9 heteroatoms. The van der Waals surface area contributed by atoms with Gasteiger partial charge in [-0.15, -0.1) is 0 Å². The Morgan fingerprint density at radius 1 is 0.223 bits per heavy atom. The van der Waals surface area contributed by atoms with E-state index in [0.29, 0.717) is 16.9 Å². The SMILES string of the molecule is [C-]#[N+]c1cc(-n2c3ccc(-n4c5ccccc5c5ccccc54)cc3c3cc(-n4c5ccccc5c5ccccc54)ccc32)c(-n2c3ccc(-n4c5ccccc5c5ccccc54)cc3c3cc(-n4c5ccccc5c5ccccc54)ccc32)cc1-c1cc(F)cc(F)c1. The van der Waals surface area contributed by atoms with Crippen LogP contribution in [0.4, 0.5) is 14.5 Å². The maximum absolute atomic E-state index is 15.8. The number of halogens is 2. The summed E-state index contributed by atoms with van der Waals surface area (Å²) in [6.07, 6.45) is 0. The minimum atomic E-state index is -0.732. The van der Waals surface area contributed by atoms with E-state index in [1.54, 1.807) is 0 Å². The molecule has 0 aliphatic carbocycles. The Hall–Kier alpha value is -12.8. The highest BCUT2D eigenvalue weighted by molar-refractivity contribution is 6.17. The van der Waals surface area contributed by atoms with Crippen molar-refractivity contribution < 1.29 is 8.78 Å². The van der Waals surface area contributed by atoms with Crippen LogP contribution in [-0.2, 0) is 0 Å². The molecule has 0 amide bonds. The second-order valence-corrected chi connectivity index (χ2v) is 24.6. The van der Waals surface area contributed by atoms with Gasteiger partial charge in [0.15, 0.2) is 5.69 Å². The summed E-state index contributed by atoms with van der Waals surface area (Å²) in [6.45, 7) is 9.00. The Balaban J connectivity index is 0.918. The van der Waals surface area contributed by atoms with Crippen molar-refractivity contribution in [3.63, 3.8) is 0 Å². The summed E-state index contributed by atoms with van der Waals surface area (Å²) in [7, 11) is 0. The smallest absolute Gasteiger partial charge is 0.197 e. The van der Waals surface area contributed by atoms with Gasteiger partial charge in [-0.3, -0.25) is 0 Å². The van der Waals surface area contributed by atoms with Crippen molar-refractivity contribution in [1.29, 1.82) is 0 Å². The lowest BCUT2D eigenvalue weighted by molar-refractivity contribution is 0.584. The molecule has 0 fully saturated rings. The van der Waals surface area contributed by atoms with E-state index in [4.69, 9.17) is 6.57 Å². The van der Waals surface area contributed by atoms with Crippen molar-refractivity contribution in [2.45, 2.75) is 0 Å². The highest BCUT2D eigenvalue weighted by Gasteiger charge is 2.27. The number of para-hydroxylation sites is 8. The van der Waals surface area contributed by atoms with E-state index in [2.05, 4.69) is 299 Å². The van der Waals surface area contributed by atoms with Gasteiger partial charge < -0.3 is 27.4 Å². The van der Waals surface area contributed by atoms with Gasteiger partial charge in [0, 0.05) is 93.5 Å². The highest BCUT2D eigenvalue weighted by atomic mass is 19.1. The molecule has 0 spiro atoms. The molecular formula is C85H49F2N7. The number of rotatable bonds is 7. The van der Waals surface area contributed by atoms with E-state index in [1.165, 1.54) is 33.7 Å². The third kappa shape index (κ3) is 7.33. The van der Waals surface area contributed by atoms with Crippen molar-refractivity contribution in [2.75, 3.05) is 0 Å². The molecule has 0 saturated carbocycles. The number of hydrogen-bond donors (Lipinski definition) is 0. The zero-order valence-electron chi connectivity index (χ0n) is 50.2. The zero-order valence-corrected chi connectivity index (χ0v) is 50.2. The Kier molecular flexibility index (Phi) is 10.9. The minimum Gasteiger partial charge on any atom is -0.309 e. The Morgan fingerprint density at radius 2 is 0.457 bits per heavy atom. The molecule has 0 aliphatic rings. The van der Waals surface area contributed by atoms with Gasteiger partial charge in [-0.25, -0.2) is 13.6 Å². The van der Waals surface area contributed by atoms with Gasteiger partial charge in [-0.1, -0.05) is 146 Å². The minimum absolute atomic E-state index is 0.241. The highest BCUT2D eigenvalue weighted by Crippen LogP contribution is 2.47. The number of fused-ring (bicyclic) bond motifs is 18. The molecule has 20 rings (SSSR count). The average molecular weight is 1210 g/mol. The normalized spacial score (nSPS) is 12.1. The molecule has 0 radical (unpaired) electrons. The standard InChI is InChI=1S/C85H49F2N7/c1-88-71-50-85(94-82-40-36-56(91-76-30-14-6-22-62(76)63-23-7-15-31-77(63)91)47-69(82)70-48-57(37-41-83(70)94)92-78-32-16-8-24-64(78)65-25-9-17-33-79(65)92)84(49-66(71)51-42-52(86)44-53(87)43-51)93-80-38-34-54(89-72-26-10-2-18-58(72)59-19-3-11-27-73(59)89)45-67(80)68-46-55(35-39-81(68)93)90-74-28-12-4-20-60(74)61-21-5-13-29-75(61)90/h2-50H. The van der Waals surface area contributed by atoms with Gasteiger partial charge in [-0.05, 0) is 157 Å². The molecule has 14 aromatic carbocycles. The lowest BCUT2D eigenvalue weighted by Gasteiger charge is -2.20. The fourth-order valence-corrected chi connectivity index (χ4v) is 15.8. The lowest BCUT2D eigenvalue weighted by Crippen LogP contribution is -2.05. The second kappa shape index (κ2) is 19.6. The van der Waals surface area contributed by atoms with Crippen molar-refractivity contribution in [3.05, 3.63) is 320 Å². The predicted molar refractivity (Wildman–Crippen MR) is 384 cm³/mol. The van der Waals surface area contributed by atoms with Crippen LogP contribution >= 0.6 is 0 Å². The van der Waals surface area contributed by atoms with E-state index in [0.717, 1.165) is 138 Å². The van der Waals surface area contributed by atoms with Crippen molar-refractivity contribution in [3.8, 4) is 45.3 Å². The van der Waals surface area contributed by atoms with Crippen LogP contribution < -0.4 is 0 Å². The van der Waals surface area contributed by atoms with Crippen LogP contribution in [-0.4, -0.2) is 27.4 Å². The van der Waals surface area contributed by atoms with Crippen LogP contribution in [0.25, 0.3) is 181 Å². The molecule has 0 aliphatic heterocycles. The monoisotopic (exact) mass is 1210 g/mol. The molecular weight excluding hydrogens is 1160 g/mol. The number of aromatic nitrogens is 6. The molecule has 0 unspecified atom stereocenters. The third-order valence-electron chi connectivity index (χ3n) is 19.7. The number of nitrogens with zero attached hydrogens (tertiary/aromatic N) is 7. The first-order valence-electron chi connectivity index (χ1n) is 31.6. The largest absolute Gasteiger partial charge is 0.309 e. The molecule has 7 nitrogen and oxygen atoms in total. The summed E-state index contributed by atoms with van der Waals surface area (Å²) in [6, 6.07) is 103. The van der Waals surface area contributed by atoms with Crippen LogP contribution in [0.1, 0.15) is 0 Å². The van der Waals surface area contributed by atoms with Crippen LogP contribution in [0.2, 0.25) is 0 Å². The van der Waals surface area contributed by atoms with Gasteiger partial charge in [0.25, 0.3) is 0 Å². The molecule has 0 N–H and O–H groups in total. The number of benzene rings is 14. The Bertz CT molecular complexity index is 6160. The quantitative estimate of drug-likeness (QED) is 0.143. The van der Waals surface area contributed by atoms with E-state index in [1.807, 2.05) is 12.1 Å². The fourth-order valence-electron chi connectivity index (χ4n) is 15.8. The van der Waals surface area contributed by atoms with Crippen molar-refractivity contribution in [1.82, 2.24) is 27.4 Å². The van der Waals surface area contributed by atoms with Gasteiger partial charge >= 0.3 is 0 Å². The summed E-state index contributed by atoms with van der Waals surface area (Å²) < 4.78 is 45.6. The average Bonchev–Trinajstić information content (AvgIpc) is 1.55. The number of hydrogen-bond acceptors (Lipinski definition) is 0.